The van der Waals surface area contributed by atoms with Crippen LogP contribution in [0.3, 0.4) is 0 Å². The lowest BCUT2D eigenvalue weighted by Gasteiger charge is -2.20. The summed E-state index contributed by atoms with van der Waals surface area (Å²) in [6, 6.07) is 15.9. The molecule has 0 aliphatic carbocycles. The molecule has 3 rings (SSSR count). The van der Waals surface area contributed by atoms with Crippen molar-refractivity contribution in [2.45, 2.75) is 6.54 Å². The number of thiocarbonyl (C=S) groups is 1. The molecular formula is C17H14N2O3S. The molecule has 0 radical (unpaired) electrons. The Hall–Kier alpha value is -2.73. The normalized spacial score (nSPS) is 14.4. The Balaban J connectivity index is 1.79. The van der Waals surface area contributed by atoms with Crippen LogP contribution in [0.1, 0.15) is 15.9 Å². The Bertz CT molecular complexity index is 759. The van der Waals surface area contributed by atoms with Crippen molar-refractivity contribution in [3.63, 3.8) is 0 Å². The minimum absolute atomic E-state index is 0.117. The van der Waals surface area contributed by atoms with Crippen LogP contribution in [0.4, 0.5) is 5.69 Å². The van der Waals surface area contributed by atoms with Gasteiger partial charge in [-0.3, -0.25) is 9.69 Å². The van der Waals surface area contributed by atoms with Gasteiger partial charge in [-0.15, -0.1) is 0 Å². The van der Waals surface area contributed by atoms with E-state index in [2.05, 4.69) is 0 Å². The van der Waals surface area contributed by atoms with Gasteiger partial charge in [0, 0.05) is 6.54 Å². The van der Waals surface area contributed by atoms with Crippen LogP contribution < -0.4 is 4.90 Å². The van der Waals surface area contributed by atoms with Crippen molar-refractivity contribution >= 4 is 34.9 Å². The van der Waals surface area contributed by atoms with E-state index < -0.39 is 5.97 Å². The van der Waals surface area contributed by atoms with Gasteiger partial charge in [0.1, 0.15) is 6.54 Å². The van der Waals surface area contributed by atoms with Crippen molar-refractivity contribution in [3.8, 4) is 0 Å². The summed E-state index contributed by atoms with van der Waals surface area (Å²) in [6.45, 7) is 0.781. The summed E-state index contributed by atoms with van der Waals surface area (Å²) in [5, 5.41) is 9.37. The number of hydrogen-bond donors (Lipinski definition) is 1. The highest BCUT2D eigenvalue weighted by Gasteiger charge is 2.33. The molecule has 1 heterocycles. The first-order chi connectivity index (χ1) is 11.1. The van der Waals surface area contributed by atoms with Crippen LogP contribution in [-0.2, 0) is 11.3 Å². The zero-order valence-corrected chi connectivity index (χ0v) is 13.0. The summed E-state index contributed by atoms with van der Waals surface area (Å²) in [5.74, 6) is -1.12. The third-order valence-electron chi connectivity index (χ3n) is 3.63. The number of hydrogen-bond acceptors (Lipinski definition) is 3. The van der Waals surface area contributed by atoms with Crippen molar-refractivity contribution in [2.24, 2.45) is 0 Å². The van der Waals surface area contributed by atoms with Gasteiger partial charge >= 0.3 is 5.97 Å². The van der Waals surface area contributed by atoms with E-state index in [1.54, 1.807) is 12.1 Å². The molecule has 0 spiro atoms. The Morgan fingerprint density at radius 2 is 1.74 bits per heavy atom. The Kier molecular flexibility index (Phi) is 4.08. The third-order valence-corrected chi connectivity index (χ3v) is 4.07. The van der Waals surface area contributed by atoms with Gasteiger partial charge in [-0.05, 0) is 42.0 Å². The maximum Gasteiger partial charge on any atom is 0.335 e. The molecule has 5 nitrogen and oxygen atoms in total. The monoisotopic (exact) mass is 326 g/mol. The molecule has 6 heteroatoms. The number of carbonyl (C=O) groups excluding carboxylic acids is 1. The van der Waals surface area contributed by atoms with Crippen molar-refractivity contribution < 1.29 is 14.7 Å². The molecule has 1 amide bonds. The van der Waals surface area contributed by atoms with E-state index in [0.29, 0.717) is 17.3 Å². The second-order valence-electron chi connectivity index (χ2n) is 5.21. The molecule has 116 valence electrons. The lowest BCUT2D eigenvalue weighted by Crippen LogP contribution is -2.32. The van der Waals surface area contributed by atoms with Gasteiger partial charge < -0.3 is 10.0 Å². The molecule has 1 aliphatic heterocycles. The molecule has 1 aliphatic rings. The predicted molar refractivity (Wildman–Crippen MR) is 90.3 cm³/mol. The number of carboxylic acids is 1. The Morgan fingerprint density at radius 1 is 1.09 bits per heavy atom. The van der Waals surface area contributed by atoms with Crippen LogP contribution in [-0.4, -0.2) is 33.5 Å². The van der Waals surface area contributed by atoms with E-state index in [1.165, 1.54) is 17.0 Å². The largest absolute Gasteiger partial charge is 0.478 e. The van der Waals surface area contributed by atoms with Gasteiger partial charge in [0.25, 0.3) is 5.91 Å². The maximum atomic E-state index is 12.3. The van der Waals surface area contributed by atoms with Gasteiger partial charge in [-0.2, -0.15) is 0 Å². The lowest BCUT2D eigenvalue weighted by molar-refractivity contribution is -0.116. The van der Waals surface area contributed by atoms with Crippen LogP contribution in [0.25, 0.3) is 0 Å². The highest BCUT2D eigenvalue weighted by Crippen LogP contribution is 2.23. The van der Waals surface area contributed by atoms with Gasteiger partial charge in [-0.1, -0.05) is 30.3 Å². The quantitative estimate of drug-likeness (QED) is 0.875. The Labute approximate surface area is 138 Å². The fourth-order valence-electron chi connectivity index (χ4n) is 2.48. The SMILES string of the molecule is O=C(O)c1ccc(N2C(=O)CN(Cc3ccccc3)C2=S)cc1. The third kappa shape index (κ3) is 3.07. The van der Waals surface area contributed by atoms with Crippen LogP contribution in [0.5, 0.6) is 0 Å². The van der Waals surface area contributed by atoms with Crippen molar-refractivity contribution in [1.82, 2.24) is 4.90 Å². The summed E-state index contributed by atoms with van der Waals surface area (Å²) in [5.41, 5.74) is 1.83. The number of carbonyl (C=O) groups is 2. The summed E-state index contributed by atoms with van der Waals surface area (Å²) < 4.78 is 0. The minimum Gasteiger partial charge on any atom is -0.478 e. The maximum absolute atomic E-state index is 12.3. The van der Waals surface area contributed by atoms with E-state index in [-0.39, 0.29) is 18.0 Å². The number of carboxylic acid groups (broad SMARTS) is 1. The molecule has 0 saturated carbocycles. The molecule has 2 aromatic rings. The average molecular weight is 326 g/mol. The average Bonchev–Trinajstić information content (AvgIpc) is 2.82. The Morgan fingerprint density at radius 3 is 2.35 bits per heavy atom. The van der Waals surface area contributed by atoms with Crippen molar-refractivity contribution in [2.75, 3.05) is 11.4 Å². The first kappa shape index (κ1) is 15.2. The van der Waals surface area contributed by atoms with Crippen LogP contribution >= 0.6 is 12.2 Å². The molecule has 1 saturated heterocycles. The molecule has 1 N–H and O–H groups in total. The van der Waals surface area contributed by atoms with Crippen molar-refractivity contribution in [3.05, 3.63) is 65.7 Å². The summed E-state index contributed by atoms with van der Waals surface area (Å²) in [4.78, 5) is 26.5. The number of nitrogens with zero attached hydrogens (tertiary/aromatic N) is 2. The minimum atomic E-state index is -1.00. The summed E-state index contributed by atoms with van der Waals surface area (Å²) >= 11 is 5.42. The van der Waals surface area contributed by atoms with Crippen LogP contribution in [0, 0.1) is 0 Å². The number of benzene rings is 2. The molecular weight excluding hydrogens is 312 g/mol. The van der Waals surface area contributed by atoms with Crippen LogP contribution in [0.15, 0.2) is 54.6 Å². The second kappa shape index (κ2) is 6.18. The molecule has 2 aromatic carbocycles. The highest BCUT2D eigenvalue weighted by molar-refractivity contribution is 7.80. The van der Waals surface area contributed by atoms with Crippen molar-refractivity contribution in [1.29, 1.82) is 0 Å². The van der Waals surface area contributed by atoms with Gasteiger partial charge in [0.05, 0.1) is 11.3 Å². The van der Waals surface area contributed by atoms with Gasteiger partial charge in [0.2, 0.25) is 0 Å². The summed E-state index contributed by atoms with van der Waals surface area (Å²) in [7, 11) is 0. The molecule has 0 bridgehead atoms. The zero-order chi connectivity index (χ0) is 16.4. The molecule has 0 unspecified atom stereocenters. The first-order valence-corrected chi connectivity index (χ1v) is 7.46. The van der Waals surface area contributed by atoms with E-state index in [1.807, 2.05) is 35.2 Å². The predicted octanol–water partition coefficient (Wildman–Crippen LogP) is 2.52. The second-order valence-corrected chi connectivity index (χ2v) is 5.57. The van der Waals surface area contributed by atoms with E-state index in [4.69, 9.17) is 17.3 Å². The molecule has 0 atom stereocenters. The standard InChI is InChI=1S/C17H14N2O3S/c20-15-11-18(10-12-4-2-1-3-5-12)17(23)19(15)14-8-6-13(7-9-14)16(21)22/h1-9H,10-11H2,(H,21,22). The number of anilines is 1. The summed E-state index contributed by atoms with van der Waals surface area (Å²) in [6.07, 6.45) is 0. The van der Waals surface area contributed by atoms with Gasteiger partial charge in [0.15, 0.2) is 5.11 Å². The van der Waals surface area contributed by atoms with Crippen LogP contribution in [0.2, 0.25) is 0 Å². The van der Waals surface area contributed by atoms with E-state index in [9.17, 15) is 9.59 Å². The first-order valence-electron chi connectivity index (χ1n) is 7.05. The fraction of sp³-hybridized carbons (Fsp3) is 0.118. The van der Waals surface area contributed by atoms with Gasteiger partial charge in [-0.25, -0.2) is 4.79 Å². The number of amides is 1. The van der Waals surface area contributed by atoms with E-state index in [0.717, 1.165) is 5.56 Å². The molecule has 23 heavy (non-hydrogen) atoms. The number of aromatic carboxylic acids is 1. The highest BCUT2D eigenvalue weighted by atomic mass is 32.1. The smallest absolute Gasteiger partial charge is 0.335 e. The topological polar surface area (TPSA) is 60.9 Å². The molecule has 0 aromatic heterocycles. The van der Waals surface area contributed by atoms with E-state index >= 15 is 0 Å². The fourth-order valence-corrected chi connectivity index (χ4v) is 2.82. The lowest BCUT2D eigenvalue weighted by atomic mass is 10.2. The molecule has 1 fully saturated rings. The zero-order valence-electron chi connectivity index (χ0n) is 12.2. The number of rotatable bonds is 4.